The van der Waals surface area contributed by atoms with Gasteiger partial charge in [-0.15, -0.1) is 0 Å². The standard InChI is InChI=1S/C6H5NO5S.Na.H/c8-7(9)5-3-1-2-4-6(5)13(10,11)12;;/h1-4H,(H,10,11,12);;. The second kappa shape index (κ2) is 4.85. The molecule has 72 valence electrons. The molecule has 0 amide bonds. The Balaban J connectivity index is 0.00000169. The van der Waals surface area contributed by atoms with E-state index in [0.717, 1.165) is 12.1 Å². The number of para-hydroxylation sites is 1. The first kappa shape index (κ1) is 13.5. The zero-order valence-electron chi connectivity index (χ0n) is 6.25. The van der Waals surface area contributed by atoms with E-state index in [4.69, 9.17) is 4.55 Å². The van der Waals surface area contributed by atoms with Crippen LogP contribution < -0.4 is 0 Å². The molecule has 0 unspecified atom stereocenters. The van der Waals surface area contributed by atoms with Gasteiger partial charge in [0, 0.05) is 6.07 Å². The van der Waals surface area contributed by atoms with Crippen LogP contribution in [0, 0.1) is 10.1 Å². The topological polar surface area (TPSA) is 97.5 Å². The number of hydrogen-bond donors (Lipinski definition) is 1. The molecular weight excluding hydrogens is 221 g/mol. The van der Waals surface area contributed by atoms with E-state index in [2.05, 4.69) is 0 Å². The van der Waals surface area contributed by atoms with Crippen molar-refractivity contribution < 1.29 is 17.9 Å². The van der Waals surface area contributed by atoms with Crippen molar-refractivity contribution in [3.05, 3.63) is 34.4 Å². The molecule has 8 heteroatoms. The van der Waals surface area contributed by atoms with Gasteiger partial charge in [-0.2, -0.15) is 8.42 Å². The fraction of sp³-hybridized carbons (Fsp3) is 0. The van der Waals surface area contributed by atoms with Crippen LogP contribution in [0.4, 0.5) is 5.69 Å². The predicted octanol–water partition coefficient (Wildman–Crippen LogP) is 0.193. The van der Waals surface area contributed by atoms with Crippen molar-refractivity contribution in [2.24, 2.45) is 0 Å². The van der Waals surface area contributed by atoms with Gasteiger partial charge in [0.05, 0.1) is 4.92 Å². The molecular formula is C6H6NNaO5S. The first-order valence-corrected chi connectivity index (χ1v) is 4.58. The van der Waals surface area contributed by atoms with Crippen LogP contribution in [0.3, 0.4) is 0 Å². The van der Waals surface area contributed by atoms with Crippen molar-refractivity contribution in [3.63, 3.8) is 0 Å². The summed E-state index contributed by atoms with van der Waals surface area (Å²) in [6.07, 6.45) is 0. The number of rotatable bonds is 2. The summed E-state index contributed by atoms with van der Waals surface area (Å²) >= 11 is 0. The Labute approximate surface area is 102 Å². The molecule has 1 aromatic carbocycles. The van der Waals surface area contributed by atoms with Gasteiger partial charge < -0.3 is 0 Å². The van der Waals surface area contributed by atoms with E-state index in [-0.39, 0.29) is 29.6 Å². The zero-order chi connectivity index (χ0) is 10.1. The van der Waals surface area contributed by atoms with E-state index in [1.807, 2.05) is 0 Å². The minimum atomic E-state index is -4.52. The van der Waals surface area contributed by atoms with Gasteiger partial charge in [0.2, 0.25) is 0 Å². The van der Waals surface area contributed by atoms with Gasteiger partial charge >= 0.3 is 39.7 Å². The summed E-state index contributed by atoms with van der Waals surface area (Å²) in [6.45, 7) is 0. The first-order chi connectivity index (χ1) is 5.93. The molecule has 14 heavy (non-hydrogen) atoms. The molecule has 1 aromatic rings. The molecule has 0 fully saturated rings. The third-order valence-corrected chi connectivity index (χ3v) is 2.24. The molecule has 0 atom stereocenters. The quantitative estimate of drug-likeness (QED) is 0.336. The SMILES string of the molecule is O=[N+]([O-])c1ccccc1S(=O)(=O)O.[NaH]. The summed E-state index contributed by atoms with van der Waals surface area (Å²) in [5.74, 6) is 0. The Morgan fingerprint density at radius 2 is 1.79 bits per heavy atom. The Morgan fingerprint density at radius 3 is 2.14 bits per heavy atom. The van der Waals surface area contributed by atoms with E-state index in [1.54, 1.807) is 0 Å². The molecule has 6 nitrogen and oxygen atoms in total. The third kappa shape index (κ3) is 3.03. The molecule has 0 heterocycles. The second-order valence-electron chi connectivity index (χ2n) is 2.20. The molecule has 0 aliphatic rings. The summed E-state index contributed by atoms with van der Waals surface area (Å²) < 4.78 is 29.8. The first-order valence-electron chi connectivity index (χ1n) is 3.14. The summed E-state index contributed by atoms with van der Waals surface area (Å²) in [4.78, 5) is 8.73. The fourth-order valence-corrected chi connectivity index (χ4v) is 1.48. The van der Waals surface area contributed by atoms with Crippen molar-refractivity contribution in [1.29, 1.82) is 0 Å². The minimum absolute atomic E-state index is 0. The molecule has 0 aliphatic carbocycles. The molecule has 0 radical (unpaired) electrons. The van der Waals surface area contributed by atoms with Gasteiger partial charge in [-0.1, -0.05) is 12.1 Å². The van der Waals surface area contributed by atoms with Crippen molar-refractivity contribution in [3.8, 4) is 0 Å². The average Bonchev–Trinajstić information content (AvgIpc) is 2.03. The van der Waals surface area contributed by atoms with Crippen LogP contribution in [0.1, 0.15) is 0 Å². The Bertz CT molecular complexity index is 443. The summed E-state index contributed by atoms with van der Waals surface area (Å²) in [5.41, 5.74) is -0.634. The Morgan fingerprint density at radius 1 is 1.29 bits per heavy atom. The average molecular weight is 227 g/mol. The molecule has 1 rings (SSSR count). The summed E-state index contributed by atoms with van der Waals surface area (Å²) in [6, 6.07) is 4.57. The van der Waals surface area contributed by atoms with Crippen molar-refractivity contribution in [2.75, 3.05) is 0 Å². The van der Waals surface area contributed by atoms with Crippen molar-refractivity contribution in [1.82, 2.24) is 0 Å². The second-order valence-corrected chi connectivity index (χ2v) is 3.59. The van der Waals surface area contributed by atoms with E-state index >= 15 is 0 Å². The van der Waals surface area contributed by atoms with Gasteiger partial charge in [-0.05, 0) is 6.07 Å². The summed E-state index contributed by atoms with van der Waals surface area (Å²) in [5, 5.41) is 10.3. The van der Waals surface area contributed by atoms with E-state index < -0.39 is 25.6 Å². The van der Waals surface area contributed by atoms with Crippen LogP contribution in [-0.4, -0.2) is 47.5 Å². The van der Waals surface area contributed by atoms with E-state index in [0.29, 0.717) is 0 Å². The molecule has 0 spiro atoms. The number of benzene rings is 1. The molecule has 1 N–H and O–H groups in total. The van der Waals surface area contributed by atoms with Crippen molar-refractivity contribution in [2.45, 2.75) is 4.90 Å². The molecule has 0 aliphatic heterocycles. The predicted molar refractivity (Wildman–Crippen MR) is 50.1 cm³/mol. The van der Waals surface area contributed by atoms with Gasteiger partial charge in [0.25, 0.3) is 5.69 Å². The van der Waals surface area contributed by atoms with Gasteiger partial charge in [-0.3, -0.25) is 14.7 Å². The monoisotopic (exact) mass is 227 g/mol. The van der Waals surface area contributed by atoms with Crippen LogP contribution in [0.25, 0.3) is 0 Å². The van der Waals surface area contributed by atoms with Gasteiger partial charge in [-0.25, -0.2) is 0 Å². The Hall–Kier alpha value is -0.470. The number of nitro benzene ring substituents is 1. The van der Waals surface area contributed by atoms with Crippen molar-refractivity contribution >= 4 is 45.4 Å². The van der Waals surface area contributed by atoms with E-state index in [9.17, 15) is 18.5 Å². The number of nitro groups is 1. The normalized spacial score (nSPS) is 10.4. The maximum atomic E-state index is 10.6. The fourth-order valence-electron chi connectivity index (χ4n) is 0.826. The molecule has 0 saturated heterocycles. The van der Waals surface area contributed by atoms with E-state index in [1.165, 1.54) is 12.1 Å². The molecule has 0 saturated carbocycles. The third-order valence-electron chi connectivity index (χ3n) is 1.34. The number of nitrogens with zero attached hydrogens (tertiary/aromatic N) is 1. The number of hydrogen-bond acceptors (Lipinski definition) is 4. The van der Waals surface area contributed by atoms with Crippen LogP contribution in [0.15, 0.2) is 29.2 Å². The van der Waals surface area contributed by atoms with Gasteiger partial charge in [0.1, 0.15) is 0 Å². The van der Waals surface area contributed by atoms with Crippen LogP contribution in [0.5, 0.6) is 0 Å². The maximum absolute atomic E-state index is 10.6. The zero-order valence-corrected chi connectivity index (χ0v) is 7.06. The van der Waals surface area contributed by atoms with Crippen LogP contribution >= 0.6 is 0 Å². The van der Waals surface area contributed by atoms with Crippen LogP contribution in [-0.2, 0) is 10.1 Å². The van der Waals surface area contributed by atoms with Crippen LogP contribution in [0.2, 0.25) is 0 Å². The molecule has 0 bridgehead atoms. The molecule has 0 aromatic heterocycles. The summed E-state index contributed by atoms with van der Waals surface area (Å²) in [7, 11) is -4.52. The Kier molecular flexibility index (Phi) is 4.69. The van der Waals surface area contributed by atoms with Gasteiger partial charge in [0.15, 0.2) is 4.90 Å².